The molecule has 0 bridgehead atoms. The Labute approximate surface area is 151 Å². The normalized spacial score (nSPS) is 25.7. The van der Waals surface area contributed by atoms with E-state index in [1.54, 1.807) is 22.4 Å². The number of sulfonamides is 1. The van der Waals surface area contributed by atoms with Crippen molar-refractivity contribution in [1.29, 1.82) is 0 Å². The van der Waals surface area contributed by atoms with Crippen molar-refractivity contribution in [1.82, 2.24) is 9.21 Å². The highest BCUT2D eigenvalue weighted by Crippen LogP contribution is 2.32. The molecule has 1 saturated heterocycles. The summed E-state index contributed by atoms with van der Waals surface area (Å²) in [7, 11) is -3.50. The lowest BCUT2D eigenvalue weighted by atomic mass is 9.78. The van der Waals surface area contributed by atoms with Gasteiger partial charge in [-0.05, 0) is 24.3 Å². The average molecular weight is 386 g/mol. The molecule has 2 fully saturated rings. The zero-order valence-electron chi connectivity index (χ0n) is 13.8. The second-order valence-electron chi connectivity index (χ2n) is 6.50. The van der Waals surface area contributed by atoms with Gasteiger partial charge in [-0.1, -0.05) is 18.9 Å². The van der Waals surface area contributed by atoms with Gasteiger partial charge in [0.05, 0.1) is 11.8 Å². The highest BCUT2D eigenvalue weighted by Gasteiger charge is 2.39. The first-order valence-electron chi connectivity index (χ1n) is 8.46. The number of hydrogen-bond donors (Lipinski definition) is 1. The first kappa shape index (κ1) is 18.3. The molecule has 1 aromatic rings. The van der Waals surface area contributed by atoms with Crippen molar-refractivity contribution in [3.05, 3.63) is 17.5 Å². The number of amides is 1. The quantitative estimate of drug-likeness (QED) is 0.846. The minimum atomic E-state index is -3.50. The molecule has 2 aliphatic rings. The SMILES string of the molecule is O=C(O)[C@@H]1CCCC[C@@H]1C(=O)N1CCN(S(=O)(=O)c2cccs2)CC1. The maximum atomic E-state index is 12.7. The highest BCUT2D eigenvalue weighted by atomic mass is 32.2. The highest BCUT2D eigenvalue weighted by molar-refractivity contribution is 7.91. The number of piperazine rings is 1. The molecule has 138 valence electrons. The van der Waals surface area contributed by atoms with Gasteiger partial charge in [0.2, 0.25) is 5.91 Å². The van der Waals surface area contributed by atoms with Crippen molar-refractivity contribution in [2.75, 3.05) is 26.2 Å². The molecule has 3 rings (SSSR count). The lowest BCUT2D eigenvalue weighted by molar-refractivity contribution is -0.152. The Morgan fingerprint density at radius 2 is 1.72 bits per heavy atom. The molecule has 0 radical (unpaired) electrons. The Hall–Kier alpha value is -1.45. The molecule has 1 aromatic heterocycles. The smallest absolute Gasteiger partial charge is 0.307 e. The Morgan fingerprint density at radius 1 is 1.08 bits per heavy atom. The molecule has 9 heteroatoms. The van der Waals surface area contributed by atoms with Gasteiger partial charge in [-0.2, -0.15) is 4.31 Å². The molecule has 1 N–H and O–H groups in total. The molecule has 2 heterocycles. The third-order valence-corrected chi connectivity index (χ3v) is 8.31. The fourth-order valence-electron chi connectivity index (χ4n) is 3.64. The third-order valence-electron chi connectivity index (χ3n) is 5.04. The van der Waals surface area contributed by atoms with Crippen LogP contribution in [0.3, 0.4) is 0 Å². The molecule has 25 heavy (non-hydrogen) atoms. The summed E-state index contributed by atoms with van der Waals surface area (Å²) in [5.74, 6) is -2.14. The van der Waals surface area contributed by atoms with Gasteiger partial charge in [0.25, 0.3) is 10.0 Å². The van der Waals surface area contributed by atoms with Crippen molar-refractivity contribution >= 4 is 33.2 Å². The summed E-state index contributed by atoms with van der Waals surface area (Å²) >= 11 is 1.18. The lowest BCUT2D eigenvalue weighted by Gasteiger charge is -2.37. The Morgan fingerprint density at radius 3 is 2.28 bits per heavy atom. The van der Waals surface area contributed by atoms with Crippen molar-refractivity contribution in [3.8, 4) is 0 Å². The summed E-state index contributed by atoms with van der Waals surface area (Å²) < 4.78 is 26.8. The van der Waals surface area contributed by atoms with E-state index in [9.17, 15) is 23.1 Å². The molecular weight excluding hydrogens is 364 g/mol. The first-order valence-corrected chi connectivity index (χ1v) is 10.8. The topological polar surface area (TPSA) is 95.0 Å². The van der Waals surface area contributed by atoms with E-state index in [2.05, 4.69) is 0 Å². The molecule has 7 nitrogen and oxygen atoms in total. The molecule has 2 atom stereocenters. The van der Waals surface area contributed by atoms with Gasteiger partial charge in [0, 0.05) is 26.2 Å². The van der Waals surface area contributed by atoms with Gasteiger partial charge in [0.15, 0.2) is 0 Å². The van der Waals surface area contributed by atoms with Crippen LogP contribution in [-0.4, -0.2) is 60.8 Å². The standard InChI is InChI=1S/C16H22N2O5S2/c19-15(12-4-1-2-5-13(12)16(20)21)17-7-9-18(10-8-17)25(22,23)14-6-3-11-24-14/h3,6,11-13H,1-2,4-5,7-10H2,(H,20,21)/t12-,13+/m0/s1. The summed E-state index contributed by atoms with van der Waals surface area (Å²) in [5.41, 5.74) is 0. The molecule has 0 unspecified atom stereocenters. The van der Waals surface area contributed by atoms with Gasteiger partial charge in [-0.25, -0.2) is 8.42 Å². The number of hydrogen-bond acceptors (Lipinski definition) is 5. The van der Waals surface area contributed by atoms with E-state index in [-0.39, 0.29) is 19.0 Å². The summed E-state index contributed by atoms with van der Waals surface area (Å²) in [6, 6.07) is 3.28. The predicted molar refractivity (Wildman–Crippen MR) is 92.7 cm³/mol. The van der Waals surface area contributed by atoms with E-state index in [0.717, 1.165) is 12.8 Å². The minimum Gasteiger partial charge on any atom is -0.481 e. The molecule has 1 aliphatic carbocycles. The van der Waals surface area contributed by atoms with Crippen LogP contribution in [0.1, 0.15) is 25.7 Å². The van der Waals surface area contributed by atoms with Crippen LogP contribution in [0.25, 0.3) is 0 Å². The number of carbonyl (C=O) groups excluding carboxylic acids is 1. The van der Waals surface area contributed by atoms with Gasteiger partial charge in [-0.15, -0.1) is 11.3 Å². The molecule has 0 spiro atoms. The van der Waals surface area contributed by atoms with Crippen molar-refractivity contribution in [2.45, 2.75) is 29.9 Å². The number of rotatable bonds is 4. The second-order valence-corrected chi connectivity index (χ2v) is 9.61. The number of thiophene rings is 1. The molecular formula is C16H22N2O5S2. The fraction of sp³-hybridized carbons (Fsp3) is 0.625. The summed E-state index contributed by atoms with van der Waals surface area (Å²) in [6.45, 7) is 1.12. The number of carboxylic acids is 1. The van der Waals surface area contributed by atoms with Gasteiger partial charge in [-0.3, -0.25) is 9.59 Å². The average Bonchev–Trinajstić information content (AvgIpc) is 3.16. The van der Waals surface area contributed by atoms with Crippen LogP contribution in [0.5, 0.6) is 0 Å². The molecule has 1 amide bonds. The third kappa shape index (κ3) is 3.73. The Bertz CT molecular complexity index is 724. The molecule has 1 saturated carbocycles. The van der Waals surface area contributed by atoms with Crippen LogP contribution < -0.4 is 0 Å². The van der Waals surface area contributed by atoms with Gasteiger partial charge >= 0.3 is 5.97 Å². The van der Waals surface area contributed by atoms with Crippen LogP contribution in [-0.2, 0) is 19.6 Å². The zero-order valence-corrected chi connectivity index (χ0v) is 15.5. The number of carboxylic acid groups (broad SMARTS) is 1. The molecule has 1 aliphatic heterocycles. The van der Waals surface area contributed by atoms with E-state index < -0.39 is 27.8 Å². The maximum Gasteiger partial charge on any atom is 0.307 e. The van der Waals surface area contributed by atoms with Crippen LogP contribution in [0, 0.1) is 11.8 Å². The van der Waals surface area contributed by atoms with Crippen LogP contribution in [0.4, 0.5) is 0 Å². The van der Waals surface area contributed by atoms with E-state index in [1.165, 1.54) is 15.6 Å². The van der Waals surface area contributed by atoms with Crippen LogP contribution in [0.2, 0.25) is 0 Å². The Balaban J connectivity index is 1.64. The van der Waals surface area contributed by atoms with Crippen molar-refractivity contribution in [2.24, 2.45) is 11.8 Å². The maximum absolute atomic E-state index is 12.7. The lowest BCUT2D eigenvalue weighted by Crippen LogP contribution is -2.53. The van der Waals surface area contributed by atoms with E-state index >= 15 is 0 Å². The summed E-state index contributed by atoms with van der Waals surface area (Å²) in [6.07, 6.45) is 2.85. The predicted octanol–water partition coefficient (Wildman–Crippen LogP) is 1.47. The number of nitrogens with zero attached hydrogens (tertiary/aromatic N) is 2. The molecule has 0 aromatic carbocycles. The van der Waals surface area contributed by atoms with Crippen molar-refractivity contribution < 1.29 is 23.1 Å². The van der Waals surface area contributed by atoms with Crippen molar-refractivity contribution in [3.63, 3.8) is 0 Å². The van der Waals surface area contributed by atoms with Crippen LogP contribution >= 0.6 is 11.3 Å². The number of carbonyl (C=O) groups is 2. The van der Waals surface area contributed by atoms with Crippen LogP contribution in [0.15, 0.2) is 21.7 Å². The van der Waals surface area contributed by atoms with Gasteiger partial charge < -0.3 is 10.0 Å². The summed E-state index contributed by atoms with van der Waals surface area (Å²) in [5, 5.41) is 11.1. The minimum absolute atomic E-state index is 0.139. The Kier molecular flexibility index (Phi) is 5.45. The summed E-state index contributed by atoms with van der Waals surface area (Å²) in [4.78, 5) is 25.8. The number of aliphatic carboxylic acids is 1. The zero-order chi connectivity index (χ0) is 18.0. The second kappa shape index (κ2) is 7.43. The van der Waals surface area contributed by atoms with E-state index in [0.29, 0.717) is 30.1 Å². The first-order chi connectivity index (χ1) is 11.9. The van der Waals surface area contributed by atoms with E-state index in [1.807, 2.05) is 0 Å². The van der Waals surface area contributed by atoms with Gasteiger partial charge in [0.1, 0.15) is 4.21 Å². The monoisotopic (exact) mass is 386 g/mol. The largest absolute Gasteiger partial charge is 0.481 e. The van der Waals surface area contributed by atoms with E-state index in [4.69, 9.17) is 0 Å². The fourth-order valence-corrected chi connectivity index (χ4v) is 6.21.